The van der Waals surface area contributed by atoms with Crippen LogP contribution in [0.4, 0.5) is 0 Å². The van der Waals surface area contributed by atoms with Gasteiger partial charge in [-0.05, 0) is 19.3 Å². The van der Waals surface area contributed by atoms with Gasteiger partial charge in [0.1, 0.15) is 0 Å². The largest absolute Gasteiger partial charge is 0.447 e. The second-order valence-corrected chi connectivity index (χ2v) is 6.69. The third-order valence-corrected chi connectivity index (χ3v) is 4.60. The molecule has 0 spiro atoms. The van der Waals surface area contributed by atoms with Crippen LogP contribution in [0.15, 0.2) is 0 Å². The fourth-order valence-corrected chi connectivity index (χ4v) is 3.13. The Morgan fingerprint density at radius 3 is 2.23 bits per heavy atom. The summed E-state index contributed by atoms with van der Waals surface area (Å²) in [6, 6.07) is 0. The van der Waals surface area contributed by atoms with E-state index in [0.717, 1.165) is 44.9 Å². The van der Waals surface area contributed by atoms with Gasteiger partial charge in [0.15, 0.2) is 5.85 Å². The van der Waals surface area contributed by atoms with E-state index in [1.54, 1.807) is 0 Å². The van der Waals surface area contributed by atoms with Crippen molar-refractivity contribution in [1.29, 1.82) is 0 Å². The van der Waals surface area contributed by atoms with Crippen LogP contribution in [0.5, 0.6) is 0 Å². The summed E-state index contributed by atoms with van der Waals surface area (Å²) >= 11 is 0. The predicted molar refractivity (Wildman–Crippen MR) is 83.8 cm³/mol. The van der Waals surface area contributed by atoms with Gasteiger partial charge in [0, 0.05) is 21.7 Å². The summed E-state index contributed by atoms with van der Waals surface area (Å²) in [7, 11) is -2.46. The number of hydrogen-bond donors (Lipinski definition) is 0. The first-order valence-electron chi connectivity index (χ1n) is 7.98. The maximum atomic E-state index is 12.0. The second-order valence-electron chi connectivity index (χ2n) is 5.12. The molecule has 0 aliphatic heterocycles. The van der Waals surface area contributed by atoms with Crippen LogP contribution in [-0.2, 0) is 45.1 Å². The Morgan fingerprint density at radius 1 is 1.05 bits per heavy atom. The van der Waals surface area contributed by atoms with Crippen molar-refractivity contribution in [1.82, 2.24) is 0 Å². The van der Waals surface area contributed by atoms with Crippen LogP contribution >= 0.6 is 8.03 Å². The molecule has 2 atom stereocenters. The number of unbranched alkanes of at least 4 members (excludes halogenated alkanes) is 6. The molecule has 22 heavy (non-hydrogen) atoms. The van der Waals surface area contributed by atoms with Gasteiger partial charge in [-0.15, -0.1) is 0 Å². The third kappa shape index (κ3) is 13.7. The smallest absolute Gasteiger partial charge is 0.372 e. The van der Waals surface area contributed by atoms with Crippen LogP contribution < -0.4 is 0 Å². The van der Waals surface area contributed by atoms with E-state index in [1.807, 2.05) is 0 Å². The molecule has 0 aromatic rings. The van der Waals surface area contributed by atoms with Gasteiger partial charge >= 0.3 is 5.97 Å². The molecule has 7 heteroatoms. The molecule has 0 aliphatic rings. The van der Waals surface area contributed by atoms with Crippen LogP contribution in [0, 0.1) is 0 Å². The number of rotatable bonds is 14. The first kappa shape index (κ1) is 24.3. The van der Waals surface area contributed by atoms with E-state index in [9.17, 15) is 14.2 Å². The number of aldehydes is 1. The summed E-state index contributed by atoms with van der Waals surface area (Å²) in [5, 5.41) is 0. The molecular formula is C15H29O5PTi. The fourth-order valence-electron chi connectivity index (χ4n) is 1.94. The minimum atomic E-state index is -2.46. The molecule has 5 nitrogen and oxygen atoms in total. The van der Waals surface area contributed by atoms with Gasteiger partial charge < -0.3 is 9.26 Å². The topological polar surface area (TPSA) is 69.7 Å². The van der Waals surface area contributed by atoms with Crippen LogP contribution in [0.3, 0.4) is 0 Å². The van der Waals surface area contributed by atoms with Gasteiger partial charge in [-0.2, -0.15) is 0 Å². The number of hydrogen-bond acceptors (Lipinski definition) is 5. The van der Waals surface area contributed by atoms with Crippen molar-refractivity contribution in [3.05, 3.63) is 0 Å². The van der Waals surface area contributed by atoms with Crippen molar-refractivity contribution in [2.24, 2.45) is 0 Å². The van der Waals surface area contributed by atoms with Gasteiger partial charge in [-0.25, -0.2) is 4.79 Å². The normalized spacial score (nSPS) is 13.0. The Labute approximate surface area is 149 Å². The quantitative estimate of drug-likeness (QED) is 0.115. The Bertz CT molecular complexity index is 312. The van der Waals surface area contributed by atoms with Gasteiger partial charge in [0.05, 0.1) is 6.61 Å². The molecule has 0 heterocycles. The second kappa shape index (κ2) is 17.4. The fraction of sp³-hybridized carbons (Fsp3) is 0.867. The number of ether oxygens (including phenoxy) is 1. The Hall–Kier alpha value is 0.0443. The van der Waals surface area contributed by atoms with Gasteiger partial charge in [0.25, 0.3) is 0 Å². The summed E-state index contributed by atoms with van der Waals surface area (Å²) < 4.78 is 22.3. The number of carbonyl (C=O) groups excluding carboxylic acids is 2. The third-order valence-electron chi connectivity index (χ3n) is 3.18. The van der Waals surface area contributed by atoms with Gasteiger partial charge in [-0.3, -0.25) is 9.36 Å². The first-order valence-corrected chi connectivity index (χ1v) is 9.37. The van der Waals surface area contributed by atoms with E-state index >= 15 is 0 Å². The van der Waals surface area contributed by atoms with Crippen LogP contribution in [0.2, 0.25) is 0 Å². The zero-order valence-corrected chi connectivity index (χ0v) is 16.3. The summed E-state index contributed by atoms with van der Waals surface area (Å²) in [6.45, 7) is 4.63. The van der Waals surface area contributed by atoms with E-state index in [0.29, 0.717) is 13.0 Å². The molecule has 0 rings (SSSR count). The monoisotopic (exact) mass is 368 g/mol. The zero-order valence-electron chi connectivity index (χ0n) is 13.8. The first-order chi connectivity index (χ1) is 10.2. The minimum absolute atomic E-state index is 0. The molecule has 0 N–H and O–H groups in total. The zero-order chi connectivity index (χ0) is 15.9. The van der Waals surface area contributed by atoms with E-state index in [1.165, 1.54) is 6.42 Å². The number of esters is 1. The van der Waals surface area contributed by atoms with Crippen molar-refractivity contribution in [3.63, 3.8) is 0 Å². The molecular weight excluding hydrogens is 339 g/mol. The van der Waals surface area contributed by atoms with E-state index in [4.69, 9.17) is 9.26 Å². The summed E-state index contributed by atoms with van der Waals surface area (Å²) in [4.78, 5) is 21.4. The SMILES string of the molecule is CCCCCCCC(OC(=O)C=O)[PH](=O)OCCCCC.[Ti]. The molecule has 0 amide bonds. The summed E-state index contributed by atoms with van der Waals surface area (Å²) in [5.74, 6) is -1.74. The molecule has 0 saturated heterocycles. The number of carbonyl (C=O) groups is 2. The van der Waals surface area contributed by atoms with E-state index in [-0.39, 0.29) is 28.0 Å². The predicted octanol–water partition coefficient (Wildman–Crippen LogP) is 4.09. The molecule has 0 bridgehead atoms. The molecule has 2 unspecified atom stereocenters. The molecule has 128 valence electrons. The summed E-state index contributed by atoms with van der Waals surface area (Å²) in [6.07, 6.45) is 8.80. The van der Waals surface area contributed by atoms with Crippen LogP contribution in [-0.4, -0.2) is 24.7 Å². The van der Waals surface area contributed by atoms with Crippen LogP contribution in [0.1, 0.15) is 71.6 Å². The standard InChI is InChI=1S/C15H29O5P.Ti/c1-3-5-7-8-9-11-15(20-14(17)13-16)21(18)19-12-10-6-4-2;/h13,15,21H,3-12H2,1-2H3;. The minimum Gasteiger partial charge on any atom is -0.447 e. The molecule has 0 radical (unpaired) electrons. The van der Waals surface area contributed by atoms with Crippen molar-refractivity contribution < 1.29 is 45.1 Å². The molecule has 0 saturated carbocycles. The van der Waals surface area contributed by atoms with Gasteiger partial charge in [-0.1, -0.05) is 52.4 Å². The molecule has 0 aliphatic carbocycles. The molecule has 0 aromatic carbocycles. The van der Waals surface area contributed by atoms with Crippen molar-refractivity contribution in [2.45, 2.75) is 77.5 Å². The Balaban J connectivity index is 0. The van der Waals surface area contributed by atoms with Crippen LogP contribution in [0.25, 0.3) is 0 Å². The van der Waals surface area contributed by atoms with Crippen molar-refractivity contribution in [3.8, 4) is 0 Å². The summed E-state index contributed by atoms with van der Waals surface area (Å²) in [5.41, 5.74) is 0. The van der Waals surface area contributed by atoms with Gasteiger partial charge in [0.2, 0.25) is 14.3 Å². The van der Waals surface area contributed by atoms with E-state index < -0.39 is 19.8 Å². The maximum absolute atomic E-state index is 12.0. The molecule has 0 aromatic heterocycles. The average Bonchev–Trinajstić information content (AvgIpc) is 2.49. The van der Waals surface area contributed by atoms with E-state index in [2.05, 4.69) is 13.8 Å². The molecule has 0 fully saturated rings. The van der Waals surface area contributed by atoms with Crippen molar-refractivity contribution >= 4 is 20.3 Å². The Kier molecular flexibility index (Phi) is 19.2. The average molecular weight is 368 g/mol. The van der Waals surface area contributed by atoms with Crippen molar-refractivity contribution in [2.75, 3.05) is 6.61 Å². The Morgan fingerprint density at radius 2 is 1.64 bits per heavy atom. The maximum Gasteiger partial charge on any atom is 0.372 e.